The van der Waals surface area contributed by atoms with Gasteiger partial charge in [0.15, 0.2) is 5.76 Å². The van der Waals surface area contributed by atoms with E-state index in [1.165, 1.54) is 0 Å². The number of furan rings is 1. The standard InChI is InChI=1S/C26H32N2O5/c1-5-31-26(30)19-10-12-20(13-11-19)28-25(29)24-18(4)23-21(8-6-9-22(23)33-24)32-15-7-14-27-16-17(2)3/h6,8-13,17,27H,5,7,14-16H2,1-4H3,(H,28,29). The fourth-order valence-corrected chi connectivity index (χ4v) is 3.46. The summed E-state index contributed by atoms with van der Waals surface area (Å²) in [4.78, 5) is 24.7. The number of hydrogen-bond donors (Lipinski definition) is 2. The van der Waals surface area contributed by atoms with Crippen LogP contribution in [0.25, 0.3) is 11.0 Å². The summed E-state index contributed by atoms with van der Waals surface area (Å²) in [6.45, 7) is 10.7. The molecule has 2 N–H and O–H groups in total. The van der Waals surface area contributed by atoms with Gasteiger partial charge in [-0.1, -0.05) is 19.9 Å². The molecule has 0 radical (unpaired) electrons. The third kappa shape index (κ3) is 6.35. The molecule has 3 rings (SSSR count). The minimum Gasteiger partial charge on any atom is -0.493 e. The number of ether oxygens (including phenoxy) is 2. The molecule has 0 saturated carbocycles. The molecule has 1 amide bonds. The molecule has 0 aliphatic rings. The summed E-state index contributed by atoms with van der Waals surface area (Å²) in [5.74, 6) is 0.793. The smallest absolute Gasteiger partial charge is 0.338 e. The highest BCUT2D eigenvalue weighted by Gasteiger charge is 2.20. The number of benzene rings is 2. The van der Waals surface area contributed by atoms with Crippen LogP contribution in [0.2, 0.25) is 0 Å². The molecular formula is C26H32N2O5. The van der Waals surface area contributed by atoms with Gasteiger partial charge in [0.25, 0.3) is 5.91 Å². The number of nitrogens with one attached hydrogen (secondary N) is 2. The van der Waals surface area contributed by atoms with Crippen molar-refractivity contribution in [1.29, 1.82) is 0 Å². The SMILES string of the molecule is CCOC(=O)c1ccc(NC(=O)c2oc3cccc(OCCCNCC(C)C)c3c2C)cc1. The van der Waals surface area contributed by atoms with Crippen LogP contribution >= 0.6 is 0 Å². The number of fused-ring (bicyclic) bond motifs is 1. The van der Waals surface area contributed by atoms with Crippen LogP contribution in [0.5, 0.6) is 5.75 Å². The van der Waals surface area contributed by atoms with E-state index in [1.54, 1.807) is 31.2 Å². The van der Waals surface area contributed by atoms with Gasteiger partial charge in [0.05, 0.1) is 24.2 Å². The van der Waals surface area contributed by atoms with Crippen molar-refractivity contribution in [3.63, 3.8) is 0 Å². The second kappa shape index (κ2) is 11.5. The number of anilines is 1. The minimum absolute atomic E-state index is 0.231. The molecular weight excluding hydrogens is 420 g/mol. The van der Waals surface area contributed by atoms with Crippen molar-refractivity contribution < 1.29 is 23.5 Å². The number of carbonyl (C=O) groups excluding carboxylic acids is 2. The summed E-state index contributed by atoms with van der Waals surface area (Å²) >= 11 is 0. The van der Waals surface area contributed by atoms with Crippen LogP contribution in [-0.4, -0.2) is 38.2 Å². The van der Waals surface area contributed by atoms with E-state index >= 15 is 0 Å². The first-order chi connectivity index (χ1) is 15.9. The summed E-state index contributed by atoms with van der Waals surface area (Å²) in [7, 11) is 0. The van der Waals surface area contributed by atoms with Crippen LogP contribution in [0.1, 0.15) is 53.7 Å². The summed E-state index contributed by atoms with van der Waals surface area (Å²) < 4.78 is 16.8. The Labute approximate surface area is 194 Å². The molecule has 2 aromatic carbocycles. The van der Waals surface area contributed by atoms with E-state index in [4.69, 9.17) is 13.9 Å². The molecule has 0 bridgehead atoms. The van der Waals surface area contributed by atoms with Gasteiger partial charge in [-0.25, -0.2) is 4.79 Å². The van der Waals surface area contributed by atoms with Gasteiger partial charge in [0.2, 0.25) is 0 Å². The van der Waals surface area contributed by atoms with E-state index in [2.05, 4.69) is 24.5 Å². The van der Waals surface area contributed by atoms with Crippen LogP contribution in [0.4, 0.5) is 5.69 Å². The first kappa shape index (κ1) is 24.3. The molecule has 176 valence electrons. The van der Waals surface area contributed by atoms with Crippen molar-refractivity contribution in [3.8, 4) is 5.75 Å². The fourth-order valence-electron chi connectivity index (χ4n) is 3.46. The molecule has 0 spiro atoms. The second-order valence-corrected chi connectivity index (χ2v) is 8.24. The summed E-state index contributed by atoms with van der Waals surface area (Å²) in [6.07, 6.45) is 0.884. The maximum atomic E-state index is 12.9. The number of amides is 1. The van der Waals surface area contributed by atoms with Gasteiger partial charge >= 0.3 is 5.97 Å². The predicted octanol–water partition coefficient (Wildman–Crippen LogP) is 5.18. The normalized spacial score (nSPS) is 11.1. The monoisotopic (exact) mass is 452 g/mol. The topological polar surface area (TPSA) is 89.8 Å². The van der Waals surface area contributed by atoms with Crippen LogP contribution in [0.3, 0.4) is 0 Å². The highest BCUT2D eigenvalue weighted by Crippen LogP contribution is 2.33. The summed E-state index contributed by atoms with van der Waals surface area (Å²) in [5, 5.41) is 7.02. The molecule has 7 heteroatoms. The Morgan fingerprint density at radius 3 is 2.55 bits per heavy atom. The minimum atomic E-state index is -0.397. The average Bonchev–Trinajstić information content (AvgIpc) is 3.14. The Morgan fingerprint density at radius 2 is 1.85 bits per heavy atom. The van der Waals surface area contributed by atoms with Gasteiger partial charge in [-0.15, -0.1) is 0 Å². The van der Waals surface area contributed by atoms with Crippen LogP contribution in [-0.2, 0) is 4.74 Å². The van der Waals surface area contributed by atoms with Crippen LogP contribution < -0.4 is 15.4 Å². The molecule has 0 aliphatic heterocycles. The van der Waals surface area contributed by atoms with Gasteiger partial charge in [-0.3, -0.25) is 4.79 Å². The van der Waals surface area contributed by atoms with E-state index in [-0.39, 0.29) is 11.7 Å². The van der Waals surface area contributed by atoms with Crippen molar-refractivity contribution in [2.45, 2.75) is 34.1 Å². The molecule has 33 heavy (non-hydrogen) atoms. The Balaban J connectivity index is 1.67. The Kier molecular flexibility index (Phi) is 8.49. The zero-order valence-corrected chi connectivity index (χ0v) is 19.7. The Hall–Kier alpha value is -3.32. The molecule has 0 aliphatic carbocycles. The van der Waals surface area contributed by atoms with Gasteiger partial charge in [-0.2, -0.15) is 0 Å². The first-order valence-electron chi connectivity index (χ1n) is 11.3. The fraction of sp³-hybridized carbons (Fsp3) is 0.385. The van der Waals surface area contributed by atoms with Crippen LogP contribution in [0, 0.1) is 12.8 Å². The third-order valence-electron chi connectivity index (χ3n) is 5.08. The molecule has 0 unspecified atom stereocenters. The molecule has 0 saturated heterocycles. The third-order valence-corrected chi connectivity index (χ3v) is 5.08. The molecule has 0 atom stereocenters. The average molecular weight is 453 g/mol. The number of hydrogen-bond acceptors (Lipinski definition) is 6. The van der Waals surface area contributed by atoms with E-state index in [0.29, 0.717) is 41.7 Å². The zero-order valence-electron chi connectivity index (χ0n) is 19.7. The number of esters is 1. The Bertz CT molecular complexity index is 1090. The number of carbonyl (C=O) groups is 2. The van der Waals surface area contributed by atoms with Crippen molar-refractivity contribution in [1.82, 2.24) is 5.32 Å². The lowest BCUT2D eigenvalue weighted by molar-refractivity contribution is 0.0526. The van der Waals surface area contributed by atoms with Gasteiger partial charge in [0.1, 0.15) is 11.3 Å². The van der Waals surface area contributed by atoms with Crippen molar-refractivity contribution in [3.05, 3.63) is 59.4 Å². The molecule has 1 heterocycles. The lowest BCUT2D eigenvalue weighted by Gasteiger charge is -2.09. The van der Waals surface area contributed by atoms with E-state index in [1.807, 2.05) is 25.1 Å². The van der Waals surface area contributed by atoms with Crippen molar-refractivity contribution in [2.75, 3.05) is 31.6 Å². The van der Waals surface area contributed by atoms with E-state index < -0.39 is 5.97 Å². The highest BCUT2D eigenvalue weighted by molar-refractivity contribution is 6.07. The first-order valence-corrected chi connectivity index (χ1v) is 11.3. The largest absolute Gasteiger partial charge is 0.493 e. The lowest BCUT2D eigenvalue weighted by Crippen LogP contribution is -2.22. The van der Waals surface area contributed by atoms with Crippen LogP contribution in [0.15, 0.2) is 46.9 Å². The van der Waals surface area contributed by atoms with Gasteiger partial charge in [-0.05, 0) is 75.7 Å². The van der Waals surface area contributed by atoms with Gasteiger partial charge in [0, 0.05) is 11.3 Å². The van der Waals surface area contributed by atoms with Gasteiger partial charge < -0.3 is 24.5 Å². The Morgan fingerprint density at radius 1 is 1.09 bits per heavy atom. The quantitative estimate of drug-likeness (QED) is 0.308. The van der Waals surface area contributed by atoms with Crippen molar-refractivity contribution >= 4 is 28.5 Å². The summed E-state index contributed by atoms with van der Waals surface area (Å²) in [6, 6.07) is 12.1. The maximum Gasteiger partial charge on any atom is 0.338 e. The lowest BCUT2D eigenvalue weighted by atomic mass is 10.1. The summed E-state index contributed by atoms with van der Waals surface area (Å²) in [5.41, 5.74) is 2.30. The molecule has 1 aromatic heterocycles. The van der Waals surface area contributed by atoms with E-state index in [0.717, 1.165) is 30.5 Å². The number of aryl methyl sites for hydroxylation is 1. The predicted molar refractivity (Wildman–Crippen MR) is 129 cm³/mol. The maximum absolute atomic E-state index is 12.9. The van der Waals surface area contributed by atoms with Crippen molar-refractivity contribution in [2.24, 2.45) is 5.92 Å². The zero-order chi connectivity index (χ0) is 23.8. The number of rotatable bonds is 11. The second-order valence-electron chi connectivity index (χ2n) is 8.24. The molecule has 3 aromatic rings. The highest BCUT2D eigenvalue weighted by atomic mass is 16.5. The molecule has 0 fully saturated rings. The van der Waals surface area contributed by atoms with E-state index in [9.17, 15) is 9.59 Å². The molecule has 7 nitrogen and oxygen atoms in total.